The maximum atomic E-state index is 11.7. The Morgan fingerprint density at radius 1 is 1.25 bits per heavy atom. The lowest BCUT2D eigenvalue weighted by atomic mass is 10.2. The maximum Gasteiger partial charge on any atom is 0.269 e. The minimum atomic E-state index is -0.134. The first-order valence-corrected chi connectivity index (χ1v) is 6.66. The number of hydrogen-bond donors (Lipinski definition) is 2. The van der Waals surface area contributed by atoms with E-state index in [0.717, 1.165) is 17.7 Å². The third-order valence-corrected chi connectivity index (χ3v) is 2.75. The average Bonchev–Trinajstić information content (AvgIpc) is 2.52. The molecule has 2 heterocycles. The molecule has 0 aliphatic rings. The number of carbonyl (C=O) groups excluding carboxylic acids is 1. The van der Waals surface area contributed by atoms with Crippen molar-refractivity contribution in [2.24, 2.45) is 0 Å². The average molecular weight is 270 g/mol. The van der Waals surface area contributed by atoms with Gasteiger partial charge < -0.3 is 10.6 Å². The molecule has 2 rings (SSSR count). The van der Waals surface area contributed by atoms with Crippen LogP contribution < -0.4 is 10.6 Å². The van der Waals surface area contributed by atoms with E-state index in [2.05, 4.69) is 20.6 Å². The van der Waals surface area contributed by atoms with Crippen LogP contribution in [0.4, 0.5) is 5.69 Å². The van der Waals surface area contributed by atoms with Crippen LogP contribution in [0, 0.1) is 0 Å². The van der Waals surface area contributed by atoms with Gasteiger partial charge in [0.1, 0.15) is 5.69 Å². The summed E-state index contributed by atoms with van der Waals surface area (Å²) in [7, 11) is 0. The van der Waals surface area contributed by atoms with Crippen LogP contribution in [0.3, 0.4) is 0 Å². The second-order valence-electron chi connectivity index (χ2n) is 4.40. The number of carbonyl (C=O) groups is 1. The molecule has 0 spiro atoms. The van der Waals surface area contributed by atoms with Gasteiger partial charge in [-0.25, -0.2) is 4.98 Å². The molecule has 0 bridgehead atoms. The molecule has 104 valence electrons. The Balaban J connectivity index is 1.90. The van der Waals surface area contributed by atoms with E-state index in [0.29, 0.717) is 18.8 Å². The van der Waals surface area contributed by atoms with Crippen LogP contribution in [-0.2, 0) is 6.54 Å². The van der Waals surface area contributed by atoms with E-state index in [1.807, 2.05) is 31.3 Å². The summed E-state index contributed by atoms with van der Waals surface area (Å²) in [6.07, 6.45) is 6.13. The molecule has 5 nitrogen and oxygen atoms in total. The van der Waals surface area contributed by atoms with Crippen molar-refractivity contribution in [2.45, 2.75) is 19.9 Å². The fraction of sp³-hybridized carbons (Fsp3) is 0.267. The number of aromatic nitrogens is 2. The fourth-order valence-electron chi connectivity index (χ4n) is 1.67. The lowest BCUT2D eigenvalue weighted by Crippen LogP contribution is -2.24. The van der Waals surface area contributed by atoms with E-state index < -0.39 is 0 Å². The largest absolute Gasteiger partial charge is 0.380 e. The Morgan fingerprint density at radius 3 is 2.80 bits per heavy atom. The summed E-state index contributed by atoms with van der Waals surface area (Å²) < 4.78 is 0. The number of hydrogen-bond acceptors (Lipinski definition) is 4. The third kappa shape index (κ3) is 4.05. The Bertz CT molecular complexity index is 540. The predicted octanol–water partition coefficient (Wildman–Crippen LogP) is 2.23. The minimum absolute atomic E-state index is 0.134. The number of rotatable bonds is 6. The van der Waals surface area contributed by atoms with E-state index in [1.165, 1.54) is 0 Å². The van der Waals surface area contributed by atoms with Crippen LogP contribution in [0.2, 0.25) is 0 Å². The maximum absolute atomic E-state index is 11.7. The van der Waals surface area contributed by atoms with E-state index >= 15 is 0 Å². The Hall–Kier alpha value is -2.43. The predicted molar refractivity (Wildman–Crippen MR) is 78.4 cm³/mol. The van der Waals surface area contributed by atoms with E-state index in [-0.39, 0.29) is 5.91 Å². The molecule has 0 unspecified atom stereocenters. The summed E-state index contributed by atoms with van der Waals surface area (Å²) in [4.78, 5) is 19.9. The number of amides is 1. The summed E-state index contributed by atoms with van der Waals surface area (Å²) in [5.74, 6) is -0.134. The molecule has 0 saturated carbocycles. The minimum Gasteiger partial charge on any atom is -0.380 e. The van der Waals surface area contributed by atoms with Crippen molar-refractivity contribution in [1.82, 2.24) is 15.3 Å². The zero-order valence-electron chi connectivity index (χ0n) is 11.5. The summed E-state index contributed by atoms with van der Waals surface area (Å²) in [5, 5.41) is 6.03. The molecule has 0 atom stereocenters. The lowest BCUT2D eigenvalue weighted by Gasteiger charge is -2.07. The van der Waals surface area contributed by atoms with Crippen molar-refractivity contribution >= 4 is 11.6 Å². The highest BCUT2D eigenvalue weighted by Gasteiger charge is 2.05. The molecule has 0 aromatic carbocycles. The van der Waals surface area contributed by atoms with E-state index in [9.17, 15) is 4.79 Å². The molecule has 0 radical (unpaired) electrons. The third-order valence-electron chi connectivity index (χ3n) is 2.75. The van der Waals surface area contributed by atoms with Crippen LogP contribution in [0.25, 0.3) is 0 Å². The molecule has 1 amide bonds. The molecule has 0 aliphatic heterocycles. The summed E-state index contributed by atoms with van der Waals surface area (Å²) in [6, 6.07) is 7.47. The second kappa shape index (κ2) is 7.23. The van der Waals surface area contributed by atoms with Crippen molar-refractivity contribution < 1.29 is 4.79 Å². The van der Waals surface area contributed by atoms with Crippen LogP contribution in [0.15, 0.2) is 42.9 Å². The normalized spacial score (nSPS) is 10.1. The highest BCUT2D eigenvalue weighted by Crippen LogP contribution is 2.08. The number of nitrogens with zero attached hydrogens (tertiary/aromatic N) is 2. The van der Waals surface area contributed by atoms with Gasteiger partial charge in [0.25, 0.3) is 5.91 Å². The topological polar surface area (TPSA) is 66.9 Å². The van der Waals surface area contributed by atoms with Crippen molar-refractivity contribution in [3.63, 3.8) is 0 Å². The van der Waals surface area contributed by atoms with Crippen molar-refractivity contribution in [1.29, 1.82) is 0 Å². The van der Waals surface area contributed by atoms with Gasteiger partial charge >= 0.3 is 0 Å². The SMILES string of the molecule is CCCNC(=O)c1ccc(NCc2cccnc2)cn1. The fourth-order valence-corrected chi connectivity index (χ4v) is 1.67. The van der Waals surface area contributed by atoms with Crippen LogP contribution >= 0.6 is 0 Å². The molecule has 2 aromatic heterocycles. The highest BCUT2D eigenvalue weighted by molar-refractivity contribution is 5.92. The Morgan fingerprint density at radius 2 is 2.15 bits per heavy atom. The van der Waals surface area contributed by atoms with Crippen LogP contribution in [0.5, 0.6) is 0 Å². The standard InChI is InChI=1S/C15H18N4O/c1-2-7-17-15(20)14-6-5-13(11-19-14)18-10-12-4-3-8-16-9-12/h3-6,8-9,11,18H,2,7,10H2,1H3,(H,17,20). The van der Waals surface area contributed by atoms with Crippen LogP contribution in [0.1, 0.15) is 29.4 Å². The van der Waals surface area contributed by atoms with Gasteiger partial charge in [-0.2, -0.15) is 0 Å². The van der Waals surface area contributed by atoms with Gasteiger partial charge in [0, 0.05) is 25.5 Å². The molecule has 2 N–H and O–H groups in total. The van der Waals surface area contributed by atoms with Crippen molar-refractivity contribution in [2.75, 3.05) is 11.9 Å². The molecule has 0 fully saturated rings. The zero-order chi connectivity index (χ0) is 14.2. The monoisotopic (exact) mass is 270 g/mol. The van der Waals surface area contributed by atoms with E-state index in [4.69, 9.17) is 0 Å². The molecule has 0 saturated heterocycles. The molecule has 2 aromatic rings. The van der Waals surface area contributed by atoms with Crippen molar-refractivity contribution in [3.8, 4) is 0 Å². The quantitative estimate of drug-likeness (QED) is 0.844. The first kappa shape index (κ1) is 14.0. The van der Waals surface area contributed by atoms with Gasteiger partial charge in [0.2, 0.25) is 0 Å². The summed E-state index contributed by atoms with van der Waals surface area (Å²) in [5.41, 5.74) is 2.41. The number of nitrogens with one attached hydrogen (secondary N) is 2. The lowest BCUT2D eigenvalue weighted by molar-refractivity contribution is 0.0949. The zero-order valence-corrected chi connectivity index (χ0v) is 11.5. The van der Waals surface area contributed by atoms with Crippen LogP contribution in [-0.4, -0.2) is 22.4 Å². The Labute approximate surface area is 118 Å². The first-order chi connectivity index (χ1) is 9.79. The highest BCUT2D eigenvalue weighted by atomic mass is 16.1. The van der Waals surface area contributed by atoms with E-state index in [1.54, 1.807) is 18.5 Å². The number of pyridine rings is 2. The van der Waals surface area contributed by atoms with Crippen molar-refractivity contribution in [3.05, 3.63) is 54.1 Å². The molecular weight excluding hydrogens is 252 g/mol. The smallest absolute Gasteiger partial charge is 0.269 e. The number of anilines is 1. The summed E-state index contributed by atoms with van der Waals surface area (Å²) >= 11 is 0. The summed E-state index contributed by atoms with van der Waals surface area (Å²) in [6.45, 7) is 3.36. The molecular formula is C15H18N4O. The molecule has 5 heteroatoms. The van der Waals surface area contributed by atoms with Gasteiger partial charge in [0.15, 0.2) is 0 Å². The molecule has 0 aliphatic carbocycles. The van der Waals surface area contributed by atoms with Gasteiger partial charge in [-0.3, -0.25) is 9.78 Å². The first-order valence-electron chi connectivity index (χ1n) is 6.66. The van der Waals surface area contributed by atoms with Gasteiger partial charge in [-0.1, -0.05) is 13.0 Å². The molecule has 20 heavy (non-hydrogen) atoms. The second-order valence-corrected chi connectivity index (χ2v) is 4.40. The van der Waals surface area contributed by atoms with Gasteiger partial charge in [0.05, 0.1) is 11.9 Å². The van der Waals surface area contributed by atoms with Gasteiger partial charge in [-0.15, -0.1) is 0 Å². The van der Waals surface area contributed by atoms with Gasteiger partial charge in [-0.05, 0) is 30.2 Å². The Kier molecular flexibility index (Phi) is 5.06.